The molecule has 3 atom stereocenters. The van der Waals surface area contributed by atoms with Crippen molar-refractivity contribution in [2.75, 3.05) is 13.2 Å². The molecule has 88 valence electrons. The molecule has 0 aromatic rings. The fourth-order valence-corrected chi connectivity index (χ4v) is 3.39. The number of allylic oxidation sites excluding steroid dienone is 1. The van der Waals surface area contributed by atoms with Crippen LogP contribution in [0.3, 0.4) is 0 Å². The minimum absolute atomic E-state index is 0.295. The van der Waals surface area contributed by atoms with Crippen LogP contribution in [0.2, 0.25) is 0 Å². The van der Waals surface area contributed by atoms with E-state index in [0.717, 1.165) is 35.2 Å². The van der Waals surface area contributed by atoms with Crippen molar-refractivity contribution in [2.45, 2.75) is 27.2 Å². The quantitative estimate of drug-likeness (QED) is 0.697. The van der Waals surface area contributed by atoms with Gasteiger partial charge >= 0.3 is 0 Å². The molecule has 1 aliphatic heterocycles. The van der Waals surface area contributed by atoms with Crippen molar-refractivity contribution in [3.63, 3.8) is 0 Å². The molecule has 2 nitrogen and oxygen atoms in total. The zero-order valence-corrected chi connectivity index (χ0v) is 12.6. The molecule has 0 aromatic heterocycles. The number of hydrogen-bond acceptors (Lipinski definition) is 1. The van der Waals surface area contributed by atoms with E-state index in [0.29, 0.717) is 11.8 Å². The Bertz CT molecular complexity index is 227. The average Bonchev–Trinajstić information content (AvgIpc) is 2.51. The second kappa shape index (κ2) is 8.50. The Morgan fingerprint density at radius 3 is 2.40 bits per heavy atom. The highest BCUT2D eigenvalue weighted by Crippen LogP contribution is 2.40. The van der Waals surface area contributed by atoms with Crippen LogP contribution in [-0.4, -0.2) is 23.8 Å². The van der Waals surface area contributed by atoms with Crippen molar-refractivity contribution in [1.29, 1.82) is 0 Å². The smallest absolute Gasteiger partial charge is 0.228 e. The third kappa shape index (κ3) is 6.51. The first-order valence-electron chi connectivity index (χ1n) is 5.00. The topological polar surface area (TPSA) is 20.3 Å². The van der Waals surface area contributed by atoms with Crippen LogP contribution >= 0.6 is 28.3 Å². The van der Waals surface area contributed by atoms with Crippen molar-refractivity contribution in [1.82, 2.24) is 4.67 Å². The minimum Gasteiger partial charge on any atom is -0.321 e. The van der Waals surface area contributed by atoms with E-state index in [4.69, 9.17) is 11.6 Å². The molecule has 1 fully saturated rings. The van der Waals surface area contributed by atoms with Crippen LogP contribution in [0, 0.1) is 5.92 Å². The summed E-state index contributed by atoms with van der Waals surface area (Å²) in [6, 6.07) is 0. The molecule has 1 amide bonds. The van der Waals surface area contributed by atoms with E-state index in [1.807, 2.05) is 25.4 Å². The molecule has 0 aliphatic carbocycles. The third-order valence-corrected chi connectivity index (χ3v) is 4.79. The molecule has 0 N–H and O–H groups in total. The summed E-state index contributed by atoms with van der Waals surface area (Å²) in [5, 5.41) is 0. The SMILES string of the molecule is CC(C)=CCl.CPPN1CCC(C)C1=O. The third-order valence-electron chi connectivity index (χ3n) is 1.94. The van der Waals surface area contributed by atoms with Gasteiger partial charge < -0.3 is 4.67 Å². The molecule has 0 spiro atoms. The van der Waals surface area contributed by atoms with E-state index in [1.54, 1.807) is 5.54 Å². The van der Waals surface area contributed by atoms with Gasteiger partial charge in [-0.1, -0.05) is 32.4 Å². The fourth-order valence-electron chi connectivity index (χ4n) is 1.07. The molecule has 1 aliphatic rings. The van der Waals surface area contributed by atoms with Crippen LogP contribution in [0.1, 0.15) is 27.2 Å². The predicted octanol–water partition coefficient (Wildman–Crippen LogP) is 3.82. The molecular weight excluding hydrogens is 248 g/mol. The van der Waals surface area contributed by atoms with Gasteiger partial charge in [-0.3, -0.25) is 4.79 Å². The Morgan fingerprint density at radius 1 is 1.60 bits per heavy atom. The number of amides is 1. The molecule has 5 heteroatoms. The van der Waals surface area contributed by atoms with Crippen molar-refractivity contribution in [3.05, 3.63) is 11.1 Å². The van der Waals surface area contributed by atoms with E-state index in [-0.39, 0.29) is 0 Å². The summed E-state index contributed by atoms with van der Waals surface area (Å²) in [5.41, 5.74) is 2.70. The lowest BCUT2D eigenvalue weighted by atomic mass is 10.1. The average molecular weight is 268 g/mol. The summed E-state index contributed by atoms with van der Waals surface area (Å²) in [6.45, 7) is 9.07. The number of halogens is 1. The molecular formula is C10H20ClNOP2. The second-order valence-corrected chi connectivity index (χ2v) is 7.38. The molecule has 0 bridgehead atoms. The summed E-state index contributed by atoms with van der Waals surface area (Å²) < 4.78 is 2.00. The molecule has 0 saturated carbocycles. The van der Waals surface area contributed by atoms with Crippen LogP contribution in [0.4, 0.5) is 0 Å². The summed E-state index contributed by atoms with van der Waals surface area (Å²) in [5.74, 6) is 0.663. The van der Waals surface area contributed by atoms with E-state index in [2.05, 4.69) is 6.66 Å². The first-order chi connectivity index (χ1) is 7.02. The lowest BCUT2D eigenvalue weighted by Crippen LogP contribution is -2.16. The lowest BCUT2D eigenvalue weighted by Gasteiger charge is -2.13. The highest BCUT2D eigenvalue weighted by molar-refractivity contribution is 8.10. The number of rotatable bonds is 2. The Kier molecular flexibility index (Phi) is 8.71. The summed E-state index contributed by atoms with van der Waals surface area (Å²) in [6.07, 6.45) is 1.07. The van der Waals surface area contributed by atoms with Crippen molar-refractivity contribution in [2.24, 2.45) is 5.92 Å². The van der Waals surface area contributed by atoms with Gasteiger partial charge in [0.25, 0.3) is 0 Å². The number of hydrogen-bond donors (Lipinski definition) is 0. The summed E-state index contributed by atoms with van der Waals surface area (Å²) in [4.78, 5) is 11.2. The van der Waals surface area contributed by atoms with Crippen LogP contribution in [0.25, 0.3) is 0 Å². The maximum Gasteiger partial charge on any atom is 0.228 e. The van der Waals surface area contributed by atoms with E-state index in [9.17, 15) is 4.79 Å². The highest BCUT2D eigenvalue weighted by Gasteiger charge is 2.26. The predicted molar refractivity (Wildman–Crippen MR) is 73.3 cm³/mol. The fraction of sp³-hybridized carbons (Fsp3) is 0.700. The van der Waals surface area contributed by atoms with E-state index < -0.39 is 0 Å². The van der Waals surface area contributed by atoms with Gasteiger partial charge in [0, 0.05) is 26.4 Å². The molecule has 3 unspecified atom stereocenters. The standard InChI is InChI=1S/C6H13NOP2.C4H7Cl/c1-5-3-4-7(6(5)8)10-9-2;1-4(2)3-5/h5,9-10H,3-4H2,1-2H3;3H,1-2H3. The Labute approximate surface area is 101 Å². The maximum absolute atomic E-state index is 11.2. The van der Waals surface area contributed by atoms with E-state index >= 15 is 0 Å². The normalized spacial score (nSPS) is 21.3. The summed E-state index contributed by atoms with van der Waals surface area (Å²) >= 11 is 5.17. The van der Waals surface area contributed by atoms with Crippen molar-refractivity contribution < 1.29 is 4.79 Å². The Hall–Kier alpha value is 0.360. The Balaban J connectivity index is 0.000000336. The number of nitrogens with zero attached hydrogens (tertiary/aromatic N) is 1. The number of carbonyl (C=O) groups excluding carboxylic acids is 1. The van der Waals surface area contributed by atoms with Gasteiger partial charge in [-0.15, -0.1) is 0 Å². The minimum atomic E-state index is 0.295. The molecule has 0 aromatic carbocycles. The van der Waals surface area contributed by atoms with Crippen LogP contribution < -0.4 is 0 Å². The monoisotopic (exact) mass is 267 g/mol. The van der Waals surface area contributed by atoms with Gasteiger partial charge in [0.1, 0.15) is 0 Å². The van der Waals surface area contributed by atoms with Gasteiger partial charge in [0.05, 0.1) is 0 Å². The van der Waals surface area contributed by atoms with Gasteiger partial charge in [0.2, 0.25) is 5.91 Å². The zero-order valence-electron chi connectivity index (χ0n) is 9.80. The molecule has 15 heavy (non-hydrogen) atoms. The molecule has 0 radical (unpaired) electrons. The van der Waals surface area contributed by atoms with E-state index in [1.165, 1.54) is 0 Å². The zero-order chi connectivity index (χ0) is 11.8. The lowest BCUT2D eigenvalue weighted by molar-refractivity contribution is -0.126. The first kappa shape index (κ1) is 15.4. The van der Waals surface area contributed by atoms with Gasteiger partial charge in [-0.25, -0.2) is 0 Å². The van der Waals surface area contributed by atoms with Gasteiger partial charge in [-0.05, 0) is 26.9 Å². The molecule has 1 rings (SSSR count). The van der Waals surface area contributed by atoms with Crippen molar-refractivity contribution >= 4 is 34.2 Å². The van der Waals surface area contributed by atoms with Crippen molar-refractivity contribution in [3.8, 4) is 0 Å². The molecule has 1 heterocycles. The first-order valence-corrected chi connectivity index (χ1v) is 8.88. The highest BCUT2D eigenvalue weighted by atomic mass is 35.5. The van der Waals surface area contributed by atoms with Gasteiger partial charge in [-0.2, -0.15) is 0 Å². The Morgan fingerprint density at radius 2 is 2.13 bits per heavy atom. The van der Waals surface area contributed by atoms with Gasteiger partial charge in [0.15, 0.2) is 0 Å². The molecule has 1 saturated heterocycles. The second-order valence-electron chi connectivity index (χ2n) is 3.73. The maximum atomic E-state index is 11.2. The van der Waals surface area contributed by atoms with Crippen LogP contribution in [0.15, 0.2) is 11.1 Å². The summed E-state index contributed by atoms with van der Waals surface area (Å²) in [7, 11) is 1.65. The largest absolute Gasteiger partial charge is 0.321 e. The number of carbonyl (C=O) groups is 1. The van der Waals surface area contributed by atoms with Crippen LogP contribution in [-0.2, 0) is 4.79 Å². The van der Waals surface area contributed by atoms with Crippen LogP contribution in [0.5, 0.6) is 0 Å².